The van der Waals surface area contributed by atoms with Crippen LogP contribution in [0.3, 0.4) is 0 Å². The molecule has 37 heavy (non-hydrogen) atoms. The molecule has 10 nitrogen and oxygen atoms in total. The highest BCUT2D eigenvalue weighted by Gasteiger charge is 2.41. The fourth-order valence-electron chi connectivity index (χ4n) is 3.51. The second-order valence-electron chi connectivity index (χ2n) is 7.99. The summed E-state index contributed by atoms with van der Waals surface area (Å²) in [6.07, 6.45) is 0.966. The summed E-state index contributed by atoms with van der Waals surface area (Å²) < 4.78 is 0. The van der Waals surface area contributed by atoms with Crippen LogP contribution in [-0.4, -0.2) is 35.9 Å². The van der Waals surface area contributed by atoms with E-state index in [1.165, 1.54) is 24.3 Å². The van der Waals surface area contributed by atoms with Crippen molar-refractivity contribution in [2.24, 2.45) is 11.0 Å². The summed E-state index contributed by atoms with van der Waals surface area (Å²) in [6, 6.07) is 18.3. The average Bonchev–Trinajstić information content (AvgIpc) is 2.87. The lowest BCUT2D eigenvalue weighted by Gasteiger charge is -2.29. The van der Waals surface area contributed by atoms with Gasteiger partial charge in [-0.1, -0.05) is 29.8 Å². The second-order valence-corrected chi connectivity index (χ2v) is 8.43. The minimum absolute atomic E-state index is 0.220. The number of hydrogen-bond donors (Lipinski definition) is 3. The number of rotatable bonds is 6. The number of amides is 6. The lowest BCUT2D eigenvalue weighted by Crippen LogP contribution is -2.59. The van der Waals surface area contributed by atoms with Crippen molar-refractivity contribution in [3.63, 3.8) is 0 Å². The first kappa shape index (κ1) is 25.3. The van der Waals surface area contributed by atoms with Gasteiger partial charge >= 0.3 is 6.03 Å². The normalized spacial score (nSPS) is 15.5. The first-order valence-electron chi connectivity index (χ1n) is 11.0. The number of carbonyl (C=O) groups excluding carboxylic acids is 5. The molecule has 3 aromatic rings. The van der Waals surface area contributed by atoms with E-state index < -0.39 is 29.7 Å². The van der Waals surface area contributed by atoms with E-state index in [9.17, 15) is 24.0 Å². The summed E-state index contributed by atoms with van der Waals surface area (Å²) in [6.45, 7) is 1.73. The smallest absolute Gasteiger partial charge is 0.322 e. The summed E-state index contributed by atoms with van der Waals surface area (Å²) >= 11 is 5.83. The molecule has 11 heteroatoms. The van der Waals surface area contributed by atoms with Crippen molar-refractivity contribution >= 4 is 58.9 Å². The molecule has 0 spiro atoms. The van der Waals surface area contributed by atoms with Crippen LogP contribution in [0, 0.1) is 12.8 Å². The molecule has 186 valence electrons. The van der Waals surface area contributed by atoms with Gasteiger partial charge in [0.05, 0.1) is 5.69 Å². The molecule has 0 aromatic heterocycles. The van der Waals surface area contributed by atoms with Gasteiger partial charge in [-0.15, -0.1) is 0 Å². The number of aryl methyl sites for hydroxylation is 1. The van der Waals surface area contributed by atoms with Crippen LogP contribution in [0.4, 0.5) is 16.2 Å². The molecule has 1 atom stereocenters. The third-order valence-electron chi connectivity index (χ3n) is 5.46. The quantitative estimate of drug-likeness (QED) is 0.261. The van der Waals surface area contributed by atoms with Crippen molar-refractivity contribution in [2.75, 3.05) is 10.2 Å². The van der Waals surface area contributed by atoms with E-state index in [0.29, 0.717) is 27.5 Å². The number of benzene rings is 3. The fraction of sp³-hybridized carbons (Fsp3) is 0.0769. The van der Waals surface area contributed by atoms with Gasteiger partial charge in [-0.25, -0.2) is 15.1 Å². The number of para-hydroxylation sites is 1. The summed E-state index contributed by atoms with van der Waals surface area (Å²) in [5, 5.41) is 9.09. The highest BCUT2D eigenvalue weighted by atomic mass is 35.5. The molecular weight excluding hydrogens is 498 g/mol. The van der Waals surface area contributed by atoms with Crippen molar-refractivity contribution < 1.29 is 24.0 Å². The molecule has 0 bridgehead atoms. The topological polar surface area (TPSA) is 137 Å². The number of imide groups is 2. The molecular formula is C26H20ClN5O5. The Bertz CT molecular complexity index is 1420. The third kappa shape index (κ3) is 5.71. The lowest BCUT2D eigenvalue weighted by atomic mass is 10.0. The zero-order valence-corrected chi connectivity index (χ0v) is 20.2. The van der Waals surface area contributed by atoms with E-state index in [1.807, 2.05) is 0 Å². The minimum atomic E-state index is -1.41. The van der Waals surface area contributed by atoms with Gasteiger partial charge in [0.25, 0.3) is 17.7 Å². The minimum Gasteiger partial charge on any atom is -0.322 e. The van der Waals surface area contributed by atoms with Crippen molar-refractivity contribution in [1.29, 1.82) is 0 Å². The molecule has 0 saturated carbocycles. The molecule has 0 radical (unpaired) electrons. The summed E-state index contributed by atoms with van der Waals surface area (Å²) in [5.74, 6) is -4.00. The van der Waals surface area contributed by atoms with Gasteiger partial charge in [0.1, 0.15) is 0 Å². The van der Waals surface area contributed by atoms with E-state index >= 15 is 0 Å². The molecule has 1 aliphatic heterocycles. The van der Waals surface area contributed by atoms with E-state index in [1.54, 1.807) is 55.5 Å². The van der Waals surface area contributed by atoms with Crippen LogP contribution >= 0.6 is 11.6 Å². The second kappa shape index (κ2) is 10.8. The van der Waals surface area contributed by atoms with Crippen LogP contribution in [0.1, 0.15) is 26.3 Å². The van der Waals surface area contributed by atoms with Crippen LogP contribution in [0.2, 0.25) is 5.02 Å². The predicted molar refractivity (Wildman–Crippen MR) is 137 cm³/mol. The van der Waals surface area contributed by atoms with Gasteiger partial charge < -0.3 is 5.32 Å². The molecule has 1 saturated heterocycles. The largest absolute Gasteiger partial charge is 0.335 e. The average molecular weight is 518 g/mol. The van der Waals surface area contributed by atoms with Gasteiger partial charge in [0.2, 0.25) is 5.91 Å². The van der Waals surface area contributed by atoms with Crippen LogP contribution in [-0.2, 0) is 9.59 Å². The number of nitrogens with one attached hydrogen (secondary N) is 3. The highest BCUT2D eigenvalue weighted by molar-refractivity contribution is 6.32. The van der Waals surface area contributed by atoms with Gasteiger partial charge in [-0.3, -0.25) is 24.5 Å². The van der Waals surface area contributed by atoms with Crippen LogP contribution in [0.15, 0.2) is 77.9 Å². The number of urea groups is 1. The number of anilines is 2. The summed E-state index contributed by atoms with van der Waals surface area (Å²) in [4.78, 5) is 63.0. The summed E-state index contributed by atoms with van der Waals surface area (Å²) in [7, 11) is 0. The Hall–Kier alpha value is -4.83. The Morgan fingerprint density at radius 1 is 0.919 bits per heavy atom. The molecule has 4 rings (SSSR count). The van der Waals surface area contributed by atoms with Crippen molar-refractivity contribution in [3.8, 4) is 0 Å². The molecule has 3 aromatic carbocycles. The Morgan fingerprint density at radius 3 is 2.22 bits per heavy atom. The van der Waals surface area contributed by atoms with Gasteiger partial charge in [0, 0.05) is 28.1 Å². The zero-order chi connectivity index (χ0) is 26.5. The van der Waals surface area contributed by atoms with E-state index in [4.69, 9.17) is 11.6 Å². The molecule has 1 aliphatic rings. The Morgan fingerprint density at radius 2 is 1.54 bits per heavy atom. The standard InChI is InChI=1S/C26H20ClN5O5/c1-15-4-2-3-5-21(15)32-25(36)20(24(35)30-26(32)37)14-28-31-23(34)17-8-12-19(13-9-17)29-22(33)16-6-10-18(27)11-7-16/h2-14,20H,1H3,(H,29,33)(H,31,34)(H,30,35,37)/b28-14-/t20-/m0/s1. The van der Waals surface area contributed by atoms with Crippen LogP contribution in [0.5, 0.6) is 0 Å². The molecule has 6 amide bonds. The first-order chi connectivity index (χ1) is 17.7. The fourth-order valence-corrected chi connectivity index (χ4v) is 3.63. The van der Waals surface area contributed by atoms with Crippen LogP contribution in [0.25, 0.3) is 0 Å². The first-order valence-corrected chi connectivity index (χ1v) is 11.4. The van der Waals surface area contributed by atoms with Crippen molar-refractivity contribution in [2.45, 2.75) is 6.92 Å². The maximum absolute atomic E-state index is 12.9. The molecule has 1 fully saturated rings. The number of halogens is 1. The monoisotopic (exact) mass is 517 g/mol. The number of hydrazone groups is 1. The van der Waals surface area contributed by atoms with E-state index in [0.717, 1.165) is 11.1 Å². The maximum Gasteiger partial charge on any atom is 0.335 e. The number of nitrogens with zero attached hydrogens (tertiary/aromatic N) is 2. The van der Waals surface area contributed by atoms with Gasteiger partial charge in [-0.2, -0.15) is 5.10 Å². The van der Waals surface area contributed by atoms with E-state index in [-0.39, 0.29) is 11.5 Å². The van der Waals surface area contributed by atoms with Crippen LogP contribution < -0.4 is 21.0 Å². The van der Waals surface area contributed by atoms with Gasteiger partial charge in [0.15, 0.2) is 5.92 Å². The predicted octanol–water partition coefficient (Wildman–Crippen LogP) is 3.52. The molecule has 0 aliphatic carbocycles. The highest BCUT2D eigenvalue weighted by Crippen LogP contribution is 2.23. The Kier molecular flexibility index (Phi) is 7.40. The Labute approximate surface area is 216 Å². The van der Waals surface area contributed by atoms with Crippen molar-refractivity contribution in [1.82, 2.24) is 10.7 Å². The SMILES string of the molecule is Cc1ccccc1N1C(=O)NC(=O)[C@H](/C=N\NC(=O)c2ccc(NC(=O)c3ccc(Cl)cc3)cc2)C1=O. The maximum atomic E-state index is 12.9. The third-order valence-corrected chi connectivity index (χ3v) is 5.71. The summed E-state index contributed by atoms with van der Waals surface area (Å²) in [5.41, 5.74) is 4.36. The molecule has 3 N–H and O–H groups in total. The van der Waals surface area contributed by atoms with Gasteiger partial charge in [-0.05, 0) is 67.1 Å². The number of carbonyl (C=O) groups is 5. The zero-order valence-electron chi connectivity index (χ0n) is 19.4. The number of hydrogen-bond acceptors (Lipinski definition) is 6. The van der Waals surface area contributed by atoms with Crippen molar-refractivity contribution in [3.05, 3.63) is 94.5 Å². The molecule has 1 heterocycles. The number of barbiturate groups is 1. The lowest BCUT2D eigenvalue weighted by molar-refractivity contribution is -0.131. The Balaban J connectivity index is 1.38. The molecule has 0 unspecified atom stereocenters. The van der Waals surface area contributed by atoms with E-state index in [2.05, 4.69) is 21.2 Å².